The van der Waals surface area contributed by atoms with Gasteiger partial charge in [0.25, 0.3) is 0 Å². The average molecular weight is 305 g/mol. The van der Waals surface area contributed by atoms with Crippen LogP contribution >= 0.6 is 0 Å². The highest BCUT2D eigenvalue weighted by molar-refractivity contribution is 7.89. The van der Waals surface area contributed by atoms with Crippen LogP contribution in [0.25, 0.3) is 0 Å². The molecule has 1 rings (SSSR count). The first-order valence-electron chi connectivity index (χ1n) is 7.99. The molecule has 20 heavy (non-hydrogen) atoms. The summed E-state index contributed by atoms with van der Waals surface area (Å²) in [5.41, 5.74) is -0.296. The Bertz CT molecular complexity index is 355. The van der Waals surface area contributed by atoms with Crippen molar-refractivity contribution in [1.82, 2.24) is 0 Å². The van der Waals surface area contributed by atoms with Gasteiger partial charge in [-0.2, -0.15) is 0 Å². The summed E-state index contributed by atoms with van der Waals surface area (Å²) in [5.74, 6) is 0.720. The van der Waals surface area contributed by atoms with Gasteiger partial charge in [0.15, 0.2) is 0 Å². The summed E-state index contributed by atoms with van der Waals surface area (Å²) in [7, 11) is -3.46. The number of hydrogen-bond donors (Lipinski definition) is 1. The van der Waals surface area contributed by atoms with E-state index in [1.165, 1.54) is 25.7 Å². The van der Waals surface area contributed by atoms with E-state index < -0.39 is 10.0 Å². The minimum Gasteiger partial charge on any atom is -0.381 e. The molecule has 1 aliphatic rings. The summed E-state index contributed by atoms with van der Waals surface area (Å²) < 4.78 is 29.0. The van der Waals surface area contributed by atoms with Crippen LogP contribution in [0.3, 0.4) is 0 Å². The summed E-state index contributed by atoms with van der Waals surface area (Å²) in [6.45, 7) is 5.48. The molecule has 0 aromatic carbocycles. The fourth-order valence-corrected chi connectivity index (χ4v) is 4.79. The molecule has 0 bridgehead atoms. The molecule has 0 aromatic rings. The van der Waals surface area contributed by atoms with E-state index in [4.69, 9.17) is 9.88 Å². The van der Waals surface area contributed by atoms with Gasteiger partial charge in [0, 0.05) is 12.0 Å². The molecule has 0 atom stereocenters. The molecule has 0 saturated heterocycles. The van der Waals surface area contributed by atoms with Crippen molar-refractivity contribution in [2.45, 2.75) is 65.2 Å². The van der Waals surface area contributed by atoms with Gasteiger partial charge in [-0.05, 0) is 31.6 Å². The molecular formula is C15H31NO3S. The van der Waals surface area contributed by atoms with Crippen molar-refractivity contribution < 1.29 is 13.2 Å². The van der Waals surface area contributed by atoms with E-state index in [0.717, 1.165) is 32.3 Å². The van der Waals surface area contributed by atoms with Crippen LogP contribution in [-0.4, -0.2) is 27.4 Å². The zero-order valence-electron chi connectivity index (χ0n) is 13.1. The Kier molecular flexibility index (Phi) is 7.48. The normalized spacial score (nSPS) is 17.8. The van der Waals surface area contributed by atoms with Gasteiger partial charge >= 0.3 is 0 Å². The van der Waals surface area contributed by atoms with Crippen LogP contribution in [0.15, 0.2) is 0 Å². The Balaban J connectivity index is 2.58. The first-order chi connectivity index (χ1) is 9.41. The average Bonchev–Trinajstić information content (AvgIpc) is 2.80. The second-order valence-corrected chi connectivity index (χ2v) is 8.09. The molecule has 5 heteroatoms. The Morgan fingerprint density at radius 3 is 2.15 bits per heavy atom. The van der Waals surface area contributed by atoms with Gasteiger partial charge in [-0.15, -0.1) is 0 Å². The highest BCUT2D eigenvalue weighted by atomic mass is 32.2. The molecule has 1 aliphatic carbocycles. The molecule has 0 radical (unpaired) electrons. The Morgan fingerprint density at radius 1 is 1.15 bits per heavy atom. The standard InChI is InChI=1S/C15H31NO3S/c1-3-9-15(10-4-2,13-20(16,17)18)12-19-11-14-7-5-6-8-14/h14H,3-13H2,1-2H3,(H2,16,17,18). The van der Waals surface area contributed by atoms with Crippen LogP contribution in [0, 0.1) is 11.3 Å². The quantitative estimate of drug-likeness (QED) is 0.674. The smallest absolute Gasteiger partial charge is 0.209 e. The first-order valence-corrected chi connectivity index (χ1v) is 9.70. The number of ether oxygens (including phenoxy) is 1. The second kappa shape index (κ2) is 8.35. The van der Waals surface area contributed by atoms with Gasteiger partial charge < -0.3 is 4.74 Å². The third-order valence-electron chi connectivity index (χ3n) is 4.30. The number of primary sulfonamides is 1. The van der Waals surface area contributed by atoms with Crippen LogP contribution < -0.4 is 5.14 Å². The number of nitrogens with two attached hydrogens (primary N) is 1. The van der Waals surface area contributed by atoms with Crippen molar-refractivity contribution in [2.24, 2.45) is 16.5 Å². The van der Waals surface area contributed by atoms with Crippen LogP contribution in [0.4, 0.5) is 0 Å². The molecule has 0 aromatic heterocycles. The monoisotopic (exact) mass is 305 g/mol. The predicted octanol–water partition coefficient (Wildman–Crippen LogP) is 3.07. The first kappa shape index (κ1) is 17.9. The van der Waals surface area contributed by atoms with E-state index >= 15 is 0 Å². The molecule has 1 fully saturated rings. The SMILES string of the molecule is CCCC(CCC)(COCC1CCCC1)CS(N)(=O)=O. The number of rotatable bonds is 10. The van der Waals surface area contributed by atoms with Crippen molar-refractivity contribution in [3.8, 4) is 0 Å². The second-order valence-electron chi connectivity index (χ2n) is 6.47. The molecule has 0 spiro atoms. The highest BCUT2D eigenvalue weighted by Gasteiger charge is 2.33. The maximum atomic E-state index is 11.5. The van der Waals surface area contributed by atoms with Crippen molar-refractivity contribution in [2.75, 3.05) is 19.0 Å². The maximum Gasteiger partial charge on any atom is 0.209 e. The van der Waals surface area contributed by atoms with Crippen molar-refractivity contribution >= 4 is 10.0 Å². The van der Waals surface area contributed by atoms with E-state index in [9.17, 15) is 8.42 Å². The minimum atomic E-state index is -3.46. The van der Waals surface area contributed by atoms with Crippen molar-refractivity contribution in [1.29, 1.82) is 0 Å². The van der Waals surface area contributed by atoms with Crippen LogP contribution in [0.2, 0.25) is 0 Å². The minimum absolute atomic E-state index is 0.0480. The maximum absolute atomic E-state index is 11.5. The fourth-order valence-electron chi connectivity index (χ4n) is 3.56. The molecule has 0 unspecified atom stereocenters. The van der Waals surface area contributed by atoms with E-state index in [0.29, 0.717) is 12.5 Å². The van der Waals surface area contributed by atoms with Gasteiger partial charge in [0.1, 0.15) is 0 Å². The summed E-state index contributed by atoms with van der Waals surface area (Å²) in [6.07, 6.45) is 8.77. The predicted molar refractivity (Wildman–Crippen MR) is 83.0 cm³/mol. The van der Waals surface area contributed by atoms with Crippen molar-refractivity contribution in [3.05, 3.63) is 0 Å². The lowest BCUT2D eigenvalue weighted by molar-refractivity contribution is 0.0260. The lowest BCUT2D eigenvalue weighted by Crippen LogP contribution is -2.38. The number of sulfonamides is 1. The third-order valence-corrected chi connectivity index (χ3v) is 5.32. The topological polar surface area (TPSA) is 69.4 Å². The van der Waals surface area contributed by atoms with Gasteiger partial charge in [-0.25, -0.2) is 13.6 Å². The van der Waals surface area contributed by atoms with Crippen molar-refractivity contribution in [3.63, 3.8) is 0 Å². The molecule has 0 heterocycles. The van der Waals surface area contributed by atoms with Crippen LogP contribution in [0.1, 0.15) is 65.2 Å². The molecule has 0 aliphatic heterocycles. The fraction of sp³-hybridized carbons (Fsp3) is 1.00. The van der Waals surface area contributed by atoms with E-state index in [1.54, 1.807) is 0 Å². The molecule has 4 nitrogen and oxygen atoms in total. The third kappa shape index (κ3) is 6.55. The summed E-state index contributed by atoms with van der Waals surface area (Å²) in [5, 5.41) is 5.29. The lowest BCUT2D eigenvalue weighted by Gasteiger charge is -2.32. The summed E-state index contributed by atoms with van der Waals surface area (Å²) >= 11 is 0. The molecule has 1 saturated carbocycles. The summed E-state index contributed by atoms with van der Waals surface area (Å²) in [6, 6.07) is 0. The summed E-state index contributed by atoms with van der Waals surface area (Å²) in [4.78, 5) is 0. The largest absolute Gasteiger partial charge is 0.381 e. The Labute approximate surface area is 124 Å². The molecule has 120 valence electrons. The van der Waals surface area contributed by atoms with Crippen LogP contribution in [-0.2, 0) is 14.8 Å². The van der Waals surface area contributed by atoms with E-state index in [1.807, 2.05) is 0 Å². The number of hydrogen-bond acceptors (Lipinski definition) is 3. The molecular weight excluding hydrogens is 274 g/mol. The lowest BCUT2D eigenvalue weighted by atomic mass is 9.82. The Morgan fingerprint density at radius 2 is 1.70 bits per heavy atom. The zero-order valence-corrected chi connectivity index (χ0v) is 13.9. The molecule has 2 N–H and O–H groups in total. The van der Waals surface area contributed by atoms with Gasteiger partial charge in [0.2, 0.25) is 10.0 Å². The van der Waals surface area contributed by atoms with E-state index in [-0.39, 0.29) is 11.2 Å². The zero-order chi connectivity index (χ0) is 15.1. The molecule has 0 amide bonds. The highest BCUT2D eigenvalue weighted by Crippen LogP contribution is 2.33. The Hall–Kier alpha value is -0.130. The van der Waals surface area contributed by atoms with Gasteiger partial charge in [0.05, 0.1) is 12.4 Å². The van der Waals surface area contributed by atoms with E-state index in [2.05, 4.69) is 13.8 Å². The van der Waals surface area contributed by atoms with Gasteiger partial charge in [-0.1, -0.05) is 39.5 Å². The van der Waals surface area contributed by atoms with Gasteiger partial charge in [-0.3, -0.25) is 0 Å². The van der Waals surface area contributed by atoms with Crippen LogP contribution in [0.5, 0.6) is 0 Å².